The maximum Gasteiger partial charge on any atom is 0.129 e. The van der Waals surface area contributed by atoms with Gasteiger partial charge in [-0.25, -0.2) is 0 Å². The number of ether oxygens (including phenoxy) is 1. The Labute approximate surface area is 101 Å². The molecule has 2 aromatic rings. The maximum atomic E-state index is 5.82. The van der Waals surface area contributed by atoms with Crippen LogP contribution >= 0.6 is 0 Å². The van der Waals surface area contributed by atoms with Crippen molar-refractivity contribution in [2.24, 2.45) is 0 Å². The first-order chi connectivity index (χ1) is 8.06. The monoisotopic (exact) mass is 228 g/mol. The molecule has 0 atom stereocenters. The van der Waals surface area contributed by atoms with Crippen LogP contribution in [0.2, 0.25) is 0 Å². The summed E-state index contributed by atoms with van der Waals surface area (Å²) in [4.78, 5) is 0. The van der Waals surface area contributed by atoms with Crippen molar-refractivity contribution >= 4 is 11.4 Å². The molecular weight excluding hydrogens is 212 g/mol. The van der Waals surface area contributed by atoms with E-state index in [-0.39, 0.29) is 0 Å². The lowest BCUT2D eigenvalue weighted by atomic mass is 10.2. The van der Waals surface area contributed by atoms with E-state index in [1.54, 1.807) is 0 Å². The van der Waals surface area contributed by atoms with Crippen molar-refractivity contribution in [2.75, 3.05) is 11.5 Å². The van der Waals surface area contributed by atoms with Gasteiger partial charge in [0.25, 0.3) is 0 Å². The molecule has 0 amide bonds. The lowest BCUT2D eigenvalue weighted by Crippen LogP contribution is -1.93. The standard InChI is InChI=1S/C14H16N2O/c1-9-3-5-11(7-13(9)15)17-12-6-4-10(2)14(16)8-12/h3-8H,15-16H2,1-2H3. The Hall–Kier alpha value is -2.16. The third kappa shape index (κ3) is 2.50. The zero-order chi connectivity index (χ0) is 12.4. The molecule has 0 bridgehead atoms. The molecule has 0 aliphatic heterocycles. The van der Waals surface area contributed by atoms with Crippen LogP contribution in [0.25, 0.3) is 0 Å². The van der Waals surface area contributed by atoms with E-state index < -0.39 is 0 Å². The Bertz CT molecular complexity index is 500. The molecular formula is C14H16N2O. The molecule has 2 rings (SSSR count). The van der Waals surface area contributed by atoms with E-state index in [1.165, 1.54) is 0 Å². The highest BCUT2D eigenvalue weighted by Gasteiger charge is 2.01. The Morgan fingerprint density at radius 1 is 0.765 bits per heavy atom. The van der Waals surface area contributed by atoms with Crippen LogP contribution in [0.3, 0.4) is 0 Å². The number of nitrogen functional groups attached to an aromatic ring is 2. The highest BCUT2D eigenvalue weighted by molar-refractivity contribution is 5.54. The van der Waals surface area contributed by atoms with Crippen molar-refractivity contribution < 1.29 is 4.74 Å². The first kappa shape index (κ1) is 11.3. The SMILES string of the molecule is Cc1ccc(Oc2ccc(C)c(N)c2)cc1N. The fraction of sp³-hybridized carbons (Fsp3) is 0.143. The first-order valence-electron chi connectivity index (χ1n) is 5.46. The van der Waals surface area contributed by atoms with Gasteiger partial charge in [0.1, 0.15) is 11.5 Å². The van der Waals surface area contributed by atoms with Gasteiger partial charge in [-0.3, -0.25) is 0 Å². The zero-order valence-corrected chi connectivity index (χ0v) is 10.0. The van der Waals surface area contributed by atoms with Crippen LogP contribution in [0.1, 0.15) is 11.1 Å². The lowest BCUT2D eigenvalue weighted by Gasteiger charge is -2.09. The number of rotatable bonds is 2. The van der Waals surface area contributed by atoms with Crippen molar-refractivity contribution in [3.05, 3.63) is 47.5 Å². The van der Waals surface area contributed by atoms with Crippen LogP contribution in [0.15, 0.2) is 36.4 Å². The van der Waals surface area contributed by atoms with Crippen LogP contribution < -0.4 is 16.2 Å². The summed E-state index contributed by atoms with van der Waals surface area (Å²) < 4.78 is 5.69. The molecule has 0 aliphatic carbocycles. The quantitative estimate of drug-likeness (QED) is 0.775. The van der Waals surface area contributed by atoms with E-state index in [0.29, 0.717) is 0 Å². The summed E-state index contributed by atoms with van der Waals surface area (Å²) in [5.74, 6) is 1.44. The van der Waals surface area contributed by atoms with Gasteiger partial charge >= 0.3 is 0 Å². The van der Waals surface area contributed by atoms with E-state index >= 15 is 0 Å². The van der Waals surface area contributed by atoms with Gasteiger partial charge in [-0.05, 0) is 37.1 Å². The molecule has 2 aromatic carbocycles. The van der Waals surface area contributed by atoms with Crippen LogP contribution in [-0.4, -0.2) is 0 Å². The smallest absolute Gasteiger partial charge is 0.129 e. The van der Waals surface area contributed by atoms with Crippen LogP contribution in [0.4, 0.5) is 11.4 Å². The Kier molecular flexibility index (Phi) is 2.91. The van der Waals surface area contributed by atoms with Gasteiger partial charge in [0, 0.05) is 23.5 Å². The van der Waals surface area contributed by atoms with E-state index in [2.05, 4.69) is 0 Å². The molecule has 0 radical (unpaired) electrons. The molecule has 0 spiro atoms. The minimum absolute atomic E-state index is 0.719. The van der Waals surface area contributed by atoms with Gasteiger partial charge in [0.15, 0.2) is 0 Å². The van der Waals surface area contributed by atoms with Gasteiger partial charge in [-0.1, -0.05) is 12.1 Å². The molecule has 17 heavy (non-hydrogen) atoms. The second kappa shape index (κ2) is 4.37. The van der Waals surface area contributed by atoms with Gasteiger partial charge in [-0.15, -0.1) is 0 Å². The summed E-state index contributed by atoms with van der Waals surface area (Å²) >= 11 is 0. The molecule has 4 N–H and O–H groups in total. The molecule has 0 aromatic heterocycles. The average Bonchev–Trinajstić information content (AvgIpc) is 2.29. The van der Waals surface area contributed by atoms with Crippen molar-refractivity contribution in [3.8, 4) is 11.5 Å². The van der Waals surface area contributed by atoms with E-state index in [4.69, 9.17) is 16.2 Å². The number of hydrogen-bond acceptors (Lipinski definition) is 3. The maximum absolute atomic E-state index is 5.82. The second-order valence-electron chi connectivity index (χ2n) is 4.14. The molecule has 0 saturated heterocycles. The molecule has 88 valence electrons. The predicted molar refractivity (Wildman–Crippen MR) is 71.3 cm³/mol. The summed E-state index contributed by atoms with van der Waals surface area (Å²) in [7, 11) is 0. The molecule has 3 heteroatoms. The largest absolute Gasteiger partial charge is 0.457 e. The summed E-state index contributed by atoms with van der Waals surface area (Å²) in [6.07, 6.45) is 0. The minimum Gasteiger partial charge on any atom is -0.457 e. The summed E-state index contributed by atoms with van der Waals surface area (Å²) in [6.45, 7) is 3.92. The van der Waals surface area contributed by atoms with Crippen molar-refractivity contribution in [1.29, 1.82) is 0 Å². The fourth-order valence-corrected chi connectivity index (χ4v) is 1.50. The van der Waals surface area contributed by atoms with Crippen LogP contribution in [0.5, 0.6) is 11.5 Å². The fourth-order valence-electron chi connectivity index (χ4n) is 1.50. The van der Waals surface area contributed by atoms with Gasteiger partial charge < -0.3 is 16.2 Å². The average molecular weight is 228 g/mol. The molecule has 0 saturated carbocycles. The topological polar surface area (TPSA) is 61.3 Å². The third-order valence-corrected chi connectivity index (χ3v) is 2.74. The zero-order valence-electron chi connectivity index (χ0n) is 10.0. The van der Waals surface area contributed by atoms with Crippen molar-refractivity contribution in [1.82, 2.24) is 0 Å². The van der Waals surface area contributed by atoms with E-state index in [1.807, 2.05) is 50.2 Å². The summed E-state index contributed by atoms with van der Waals surface area (Å²) in [5, 5.41) is 0. The number of hydrogen-bond donors (Lipinski definition) is 2. The number of benzene rings is 2. The molecule has 0 heterocycles. The van der Waals surface area contributed by atoms with Crippen LogP contribution in [0, 0.1) is 13.8 Å². The highest BCUT2D eigenvalue weighted by atomic mass is 16.5. The Morgan fingerprint density at radius 2 is 1.18 bits per heavy atom. The number of aryl methyl sites for hydroxylation is 2. The molecule has 0 fully saturated rings. The predicted octanol–water partition coefficient (Wildman–Crippen LogP) is 3.26. The molecule has 3 nitrogen and oxygen atoms in total. The molecule has 0 aliphatic rings. The van der Waals surface area contributed by atoms with E-state index in [9.17, 15) is 0 Å². The third-order valence-electron chi connectivity index (χ3n) is 2.74. The van der Waals surface area contributed by atoms with Gasteiger partial charge in [0.05, 0.1) is 0 Å². The van der Waals surface area contributed by atoms with Gasteiger partial charge in [-0.2, -0.15) is 0 Å². The number of nitrogens with two attached hydrogens (primary N) is 2. The second-order valence-corrected chi connectivity index (χ2v) is 4.14. The summed E-state index contributed by atoms with van der Waals surface area (Å²) in [6, 6.07) is 11.3. The van der Waals surface area contributed by atoms with Gasteiger partial charge in [0.2, 0.25) is 0 Å². The Balaban J connectivity index is 2.25. The van der Waals surface area contributed by atoms with Crippen LogP contribution in [-0.2, 0) is 0 Å². The minimum atomic E-state index is 0.719. The first-order valence-corrected chi connectivity index (χ1v) is 5.46. The normalized spacial score (nSPS) is 10.2. The highest BCUT2D eigenvalue weighted by Crippen LogP contribution is 2.27. The summed E-state index contributed by atoms with van der Waals surface area (Å²) in [5.41, 5.74) is 15.2. The van der Waals surface area contributed by atoms with Crippen molar-refractivity contribution in [2.45, 2.75) is 13.8 Å². The number of anilines is 2. The lowest BCUT2D eigenvalue weighted by molar-refractivity contribution is 0.483. The van der Waals surface area contributed by atoms with Crippen molar-refractivity contribution in [3.63, 3.8) is 0 Å². The Morgan fingerprint density at radius 3 is 1.53 bits per heavy atom. The molecule has 0 unspecified atom stereocenters. The van der Waals surface area contributed by atoms with E-state index in [0.717, 1.165) is 34.0 Å².